The van der Waals surface area contributed by atoms with E-state index in [0.717, 1.165) is 24.3 Å². The molecule has 0 radical (unpaired) electrons. The molecule has 0 saturated heterocycles. The van der Waals surface area contributed by atoms with Crippen LogP contribution in [0.5, 0.6) is 0 Å². The van der Waals surface area contributed by atoms with E-state index in [0.29, 0.717) is 12.1 Å². The normalized spacial score (nSPS) is 13.1. The fraction of sp³-hybridized carbons (Fsp3) is 0.235. The van der Waals surface area contributed by atoms with Gasteiger partial charge in [-0.25, -0.2) is 0 Å². The molecule has 0 unspecified atom stereocenters. The Morgan fingerprint density at radius 2 is 1.03 bits per heavy atom. The molecule has 0 heterocycles. The van der Waals surface area contributed by atoms with Crippen molar-refractivity contribution >= 4 is 65.0 Å². The van der Waals surface area contributed by atoms with Crippen LogP contribution < -0.4 is 10.6 Å². The molecule has 0 aromatic heterocycles. The summed E-state index contributed by atoms with van der Waals surface area (Å²) < 4.78 is 135. The van der Waals surface area contributed by atoms with Gasteiger partial charge in [0.25, 0.3) is 40.5 Å². The van der Waals surface area contributed by atoms with Gasteiger partial charge in [-0.2, -0.15) is 33.7 Å². The number of benzene rings is 2. The van der Waals surface area contributed by atoms with Crippen LogP contribution in [-0.2, 0) is 45.3 Å². The molecule has 0 bridgehead atoms. The van der Waals surface area contributed by atoms with E-state index in [9.17, 15) is 56.7 Å². The second-order valence-electron chi connectivity index (χ2n) is 7.11. The Hall–Kier alpha value is -2.02. The first-order valence-electron chi connectivity index (χ1n) is 9.41. The third-order valence-corrected chi connectivity index (χ3v) is 11.5. The minimum absolute atomic E-state index is 0.0352. The Bertz CT molecular complexity index is 1500. The number of hydrogen-bond donors (Lipinski definition) is 5. The Balaban J connectivity index is 3.02. The van der Waals surface area contributed by atoms with E-state index in [2.05, 4.69) is 0 Å². The van der Waals surface area contributed by atoms with E-state index in [-0.39, 0.29) is 25.4 Å². The van der Waals surface area contributed by atoms with Crippen molar-refractivity contribution in [3.8, 4) is 0 Å². The van der Waals surface area contributed by atoms with Crippen molar-refractivity contribution in [2.75, 3.05) is 6.16 Å². The average molecular weight is 607 g/mol. The Kier molecular flexibility index (Phi) is 9.03. The van der Waals surface area contributed by atoms with Crippen LogP contribution in [0.3, 0.4) is 0 Å². The topological polar surface area (TPSA) is 255 Å². The molecule has 2 aromatic carbocycles. The molecule has 36 heavy (non-hydrogen) atoms. The fourth-order valence-electron chi connectivity index (χ4n) is 3.28. The Morgan fingerprint density at radius 1 is 0.639 bits per heavy atom. The predicted octanol–water partition coefficient (Wildman–Crippen LogP) is 0.361. The number of carbonyl (C=O) groups is 1. The van der Waals surface area contributed by atoms with Gasteiger partial charge >= 0.3 is 5.97 Å². The van der Waals surface area contributed by atoms with Crippen molar-refractivity contribution in [1.29, 1.82) is 0 Å². The van der Waals surface area contributed by atoms with Gasteiger partial charge in [-0.1, -0.05) is 24.3 Å². The molecule has 0 aliphatic carbocycles. The summed E-state index contributed by atoms with van der Waals surface area (Å²) in [4.78, 5) is 5.68. The smallest absolute Gasteiger partial charge is 0.303 e. The highest BCUT2D eigenvalue weighted by atomic mass is 32.2. The Morgan fingerprint density at radius 3 is 1.33 bits per heavy atom. The lowest BCUT2D eigenvalue weighted by molar-refractivity contribution is -0.137. The van der Waals surface area contributed by atoms with Crippen LogP contribution in [0.15, 0.2) is 56.0 Å². The van der Waals surface area contributed by atoms with E-state index >= 15 is 0 Å². The molecule has 0 saturated carbocycles. The third-order valence-electron chi connectivity index (χ3n) is 4.59. The van der Waals surface area contributed by atoms with Gasteiger partial charge in [0.1, 0.15) is 19.6 Å². The molecule has 0 amide bonds. The highest BCUT2D eigenvalue weighted by Gasteiger charge is 2.35. The summed E-state index contributed by atoms with van der Waals surface area (Å²) in [6.07, 6.45) is -0.750. The first-order valence-corrected chi connectivity index (χ1v) is 16.7. The number of unbranched alkanes of at least 4 members (excludes halogenated alkanes) is 1. The predicted molar refractivity (Wildman–Crippen MR) is 125 cm³/mol. The molecule has 2 rings (SSSR count). The zero-order valence-corrected chi connectivity index (χ0v) is 21.9. The van der Waals surface area contributed by atoms with Crippen LogP contribution in [-0.4, -0.2) is 69.1 Å². The van der Waals surface area contributed by atoms with Gasteiger partial charge in [-0.3, -0.25) is 23.0 Å². The lowest BCUT2D eigenvalue weighted by atomic mass is 10.2. The maximum atomic E-state index is 12.2. The molecule has 200 valence electrons. The van der Waals surface area contributed by atoms with Crippen LogP contribution in [0, 0.1) is 0 Å². The summed E-state index contributed by atoms with van der Waals surface area (Å²) in [7, 11) is -23.9. The van der Waals surface area contributed by atoms with Crippen molar-refractivity contribution in [3.63, 3.8) is 0 Å². The van der Waals surface area contributed by atoms with Crippen molar-refractivity contribution in [1.82, 2.24) is 0 Å². The monoisotopic (exact) mass is 606 g/mol. The van der Waals surface area contributed by atoms with E-state index in [1.165, 1.54) is 0 Å². The van der Waals surface area contributed by atoms with Crippen LogP contribution >= 0.6 is 7.92 Å². The summed E-state index contributed by atoms with van der Waals surface area (Å²) in [5.74, 6) is -1.20. The molecular formula is C17H19O14PS4. The van der Waals surface area contributed by atoms with Crippen molar-refractivity contribution in [2.24, 2.45) is 0 Å². The lowest BCUT2D eigenvalue weighted by Crippen LogP contribution is -2.27. The maximum absolute atomic E-state index is 12.2. The highest BCUT2D eigenvalue weighted by Crippen LogP contribution is 2.42. The second kappa shape index (κ2) is 10.8. The summed E-state index contributed by atoms with van der Waals surface area (Å²) >= 11 is 0. The fourth-order valence-corrected chi connectivity index (χ4v) is 11.1. The molecule has 0 atom stereocenters. The van der Waals surface area contributed by atoms with Crippen molar-refractivity contribution in [2.45, 2.75) is 38.8 Å². The molecule has 0 aliphatic heterocycles. The number of rotatable bonds is 11. The van der Waals surface area contributed by atoms with E-state index < -0.39 is 84.6 Å². The number of aliphatic carboxylic acids is 1. The minimum atomic E-state index is -5.43. The van der Waals surface area contributed by atoms with Crippen molar-refractivity contribution < 1.29 is 61.8 Å². The lowest BCUT2D eigenvalue weighted by Gasteiger charge is -2.24. The van der Waals surface area contributed by atoms with Crippen LogP contribution in [0.1, 0.15) is 19.3 Å². The quantitative estimate of drug-likeness (QED) is 0.132. The van der Waals surface area contributed by atoms with E-state index in [4.69, 9.17) is 5.11 Å². The molecule has 0 aliphatic rings. The zero-order valence-electron chi connectivity index (χ0n) is 17.8. The molecule has 14 nitrogen and oxygen atoms in total. The van der Waals surface area contributed by atoms with Crippen molar-refractivity contribution in [3.05, 3.63) is 36.4 Å². The minimum Gasteiger partial charge on any atom is -0.481 e. The van der Waals surface area contributed by atoms with Gasteiger partial charge < -0.3 is 5.11 Å². The van der Waals surface area contributed by atoms with E-state index in [1.807, 2.05) is 0 Å². The SMILES string of the molecule is O=C(O)CCCCP(c1cccc(S(=O)(=O)O)c1S(=O)(=O)O)c1cccc(S(=O)(=O)O)c1S(=O)(=O)O. The van der Waals surface area contributed by atoms with Gasteiger partial charge in [0.2, 0.25) is 0 Å². The van der Waals surface area contributed by atoms with Crippen LogP contribution in [0.2, 0.25) is 0 Å². The molecule has 5 N–H and O–H groups in total. The average Bonchev–Trinajstić information content (AvgIpc) is 2.70. The molecule has 0 fully saturated rings. The van der Waals surface area contributed by atoms with Crippen LogP contribution in [0.25, 0.3) is 0 Å². The van der Waals surface area contributed by atoms with E-state index in [1.54, 1.807) is 0 Å². The molecule has 19 heteroatoms. The number of hydrogen-bond acceptors (Lipinski definition) is 9. The van der Waals surface area contributed by atoms with Gasteiger partial charge in [-0.15, -0.1) is 0 Å². The number of carboxylic acid groups (broad SMARTS) is 1. The standard InChI is InChI=1S/C17H19O14PS4/c18-15(19)9-1-2-10-32(11-5-3-7-13(33(20,21)22)16(11)35(26,27)28)12-6-4-8-14(34(23,24)25)17(12)36(29,30)31/h3-8H,1-2,9-10H2,(H,18,19)(H,20,21,22)(H,23,24,25)(H,26,27,28)(H,29,30,31). The molecule has 0 spiro atoms. The molecule has 2 aromatic rings. The summed E-state index contributed by atoms with van der Waals surface area (Å²) in [5.41, 5.74) is 0. The van der Waals surface area contributed by atoms with Gasteiger partial charge in [0.15, 0.2) is 0 Å². The van der Waals surface area contributed by atoms with Gasteiger partial charge in [0, 0.05) is 17.0 Å². The largest absolute Gasteiger partial charge is 0.481 e. The first-order chi connectivity index (χ1) is 16.3. The summed E-state index contributed by atoms with van der Waals surface area (Å²) in [6, 6.07) is 5.12. The summed E-state index contributed by atoms with van der Waals surface area (Å²) in [5, 5.41) is 7.74. The number of carboxylic acids is 1. The zero-order chi connectivity index (χ0) is 27.7. The second-order valence-corrected chi connectivity index (χ2v) is 14.9. The van der Waals surface area contributed by atoms with Gasteiger partial charge in [-0.05, 0) is 39.1 Å². The highest BCUT2D eigenvalue weighted by molar-refractivity contribution is 7.91. The third kappa shape index (κ3) is 7.27. The Labute approximate surface area is 207 Å². The van der Waals surface area contributed by atoms with Gasteiger partial charge in [0.05, 0.1) is 0 Å². The maximum Gasteiger partial charge on any atom is 0.303 e. The summed E-state index contributed by atoms with van der Waals surface area (Å²) in [6.45, 7) is 0. The molecular weight excluding hydrogens is 587 g/mol. The first kappa shape index (κ1) is 30.2. The van der Waals surface area contributed by atoms with Crippen LogP contribution in [0.4, 0.5) is 0 Å².